The van der Waals surface area contributed by atoms with Gasteiger partial charge in [-0.2, -0.15) is 8.42 Å². The number of nitrogens with zero attached hydrogens (tertiary/aromatic N) is 1. The number of carbonyl (C=O) groups is 2. The summed E-state index contributed by atoms with van der Waals surface area (Å²) in [7, 11) is -3.30. The molecule has 0 aromatic heterocycles. The minimum atomic E-state index is -4.73. The van der Waals surface area contributed by atoms with Gasteiger partial charge in [-0.3, -0.25) is 14.1 Å². The standard InChI is InChI=1S/C17H33NO6S.2Na/c1-3-4-5-6-7-8-9-10-11-12-13-18(2)17(21)15(14-16(19)20)25(22,23)24;;/h15H,3-14H2,1-2H3,(H,19,20)(H,22,23,24);;. The molecule has 150 valence electrons. The normalized spacial score (nSPS) is 11.8. The second kappa shape index (κ2) is 18.9. The van der Waals surface area contributed by atoms with E-state index in [1.807, 2.05) is 0 Å². The fourth-order valence-electron chi connectivity index (χ4n) is 2.67. The zero-order valence-electron chi connectivity index (χ0n) is 17.4. The number of amides is 1. The van der Waals surface area contributed by atoms with E-state index in [4.69, 9.17) is 9.66 Å². The maximum atomic E-state index is 12.0. The molecule has 0 rings (SSSR count). The first-order valence-corrected chi connectivity index (χ1v) is 10.6. The summed E-state index contributed by atoms with van der Waals surface area (Å²) in [6.07, 6.45) is 10.5. The quantitative estimate of drug-likeness (QED) is 0.237. The summed E-state index contributed by atoms with van der Waals surface area (Å²) in [5.74, 6) is -2.32. The fourth-order valence-corrected chi connectivity index (χ4v) is 3.46. The molecule has 0 bridgehead atoms. The van der Waals surface area contributed by atoms with Crippen molar-refractivity contribution in [2.24, 2.45) is 0 Å². The summed E-state index contributed by atoms with van der Waals surface area (Å²) in [4.78, 5) is 23.9. The zero-order valence-corrected chi connectivity index (χ0v) is 22.3. The average Bonchev–Trinajstić information content (AvgIpc) is 2.52. The minimum absolute atomic E-state index is 0. The fraction of sp³-hybridized carbons (Fsp3) is 0.882. The van der Waals surface area contributed by atoms with Crippen molar-refractivity contribution in [3.8, 4) is 0 Å². The van der Waals surface area contributed by atoms with Crippen molar-refractivity contribution in [2.75, 3.05) is 13.6 Å². The molecule has 10 heteroatoms. The Kier molecular flexibility index (Phi) is 22.7. The Balaban J connectivity index is -0.00000288. The molecular weight excluding hydrogens is 392 g/mol. The third-order valence-corrected chi connectivity index (χ3v) is 5.31. The summed E-state index contributed by atoms with van der Waals surface area (Å²) in [5.41, 5.74) is 0. The molecule has 0 aromatic carbocycles. The van der Waals surface area contributed by atoms with Crippen LogP contribution in [-0.4, -0.2) is 113 Å². The topological polar surface area (TPSA) is 112 Å². The molecule has 2 N–H and O–H groups in total. The molecule has 27 heavy (non-hydrogen) atoms. The van der Waals surface area contributed by atoms with E-state index in [0.717, 1.165) is 25.7 Å². The van der Waals surface area contributed by atoms with E-state index < -0.39 is 33.7 Å². The minimum Gasteiger partial charge on any atom is -0.481 e. The van der Waals surface area contributed by atoms with Crippen molar-refractivity contribution in [1.82, 2.24) is 4.90 Å². The van der Waals surface area contributed by atoms with Crippen molar-refractivity contribution >= 4 is 81.1 Å². The van der Waals surface area contributed by atoms with Crippen molar-refractivity contribution in [3.05, 3.63) is 0 Å². The van der Waals surface area contributed by atoms with Gasteiger partial charge in [0.15, 0.2) is 5.25 Å². The van der Waals surface area contributed by atoms with Gasteiger partial charge in [-0.15, -0.1) is 0 Å². The van der Waals surface area contributed by atoms with E-state index in [1.165, 1.54) is 50.5 Å². The molecule has 7 nitrogen and oxygen atoms in total. The maximum Gasteiger partial charge on any atom is 0.305 e. The first kappa shape index (κ1) is 32.5. The van der Waals surface area contributed by atoms with Crippen LogP contribution in [0.15, 0.2) is 0 Å². The smallest absolute Gasteiger partial charge is 0.305 e. The average molecular weight is 425 g/mol. The van der Waals surface area contributed by atoms with Crippen LogP contribution in [0.1, 0.15) is 77.6 Å². The molecule has 1 amide bonds. The molecule has 0 aromatic rings. The first-order chi connectivity index (χ1) is 11.7. The molecule has 0 fully saturated rings. The van der Waals surface area contributed by atoms with Gasteiger partial charge >= 0.3 is 5.97 Å². The van der Waals surface area contributed by atoms with Gasteiger partial charge in [-0.1, -0.05) is 64.7 Å². The molecule has 0 spiro atoms. The number of aliphatic carboxylic acids is 1. The van der Waals surface area contributed by atoms with Gasteiger partial charge in [0, 0.05) is 72.7 Å². The monoisotopic (exact) mass is 425 g/mol. The molecule has 0 aliphatic heterocycles. The summed E-state index contributed by atoms with van der Waals surface area (Å²) in [6, 6.07) is 0. The van der Waals surface area contributed by atoms with Gasteiger partial charge in [-0.25, -0.2) is 0 Å². The van der Waals surface area contributed by atoms with Crippen LogP contribution in [0.3, 0.4) is 0 Å². The molecule has 1 unspecified atom stereocenters. The Bertz CT molecular complexity index is 502. The zero-order chi connectivity index (χ0) is 19.3. The largest absolute Gasteiger partial charge is 0.481 e. The number of unbranched alkanes of at least 4 members (excludes halogenated alkanes) is 9. The molecule has 0 aliphatic carbocycles. The second-order valence-corrected chi connectivity index (χ2v) is 8.14. The summed E-state index contributed by atoms with van der Waals surface area (Å²) in [6.45, 7) is 2.54. The molecule has 1 atom stereocenters. The molecule has 0 saturated carbocycles. The van der Waals surface area contributed by atoms with E-state index in [-0.39, 0.29) is 59.1 Å². The number of hydrogen-bond acceptors (Lipinski definition) is 4. The Morgan fingerprint density at radius 2 is 1.30 bits per heavy atom. The van der Waals surface area contributed by atoms with Crippen LogP contribution in [-0.2, 0) is 19.7 Å². The van der Waals surface area contributed by atoms with Crippen molar-refractivity contribution in [1.29, 1.82) is 0 Å². The van der Waals surface area contributed by atoms with Crippen LogP contribution in [0.4, 0.5) is 0 Å². The number of carbonyl (C=O) groups excluding carboxylic acids is 1. The van der Waals surface area contributed by atoms with Gasteiger partial charge in [-0.05, 0) is 6.42 Å². The summed E-state index contributed by atoms with van der Waals surface area (Å²) in [5, 5.41) is 6.76. The van der Waals surface area contributed by atoms with E-state index in [1.54, 1.807) is 0 Å². The Labute approximate surface area is 208 Å². The van der Waals surface area contributed by atoms with Crippen LogP contribution in [0, 0.1) is 0 Å². The number of carboxylic acid groups (broad SMARTS) is 1. The molecule has 0 heterocycles. The van der Waals surface area contributed by atoms with Crippen molar-refractivity contribution in [3.63, 3.8) is 0 Å². The SMILES string of the molecule is CCCCCCCCCCCCN(C)C(=O)C(CC(=O)O)S(=O)(=O)O.[Na].[Na]. The predicted molar refractivity (Wildman–Crippen MR) is 109 cm³/mol. The van der Waals surface area contributed by atoms with Crippen LogP contribution >= 0.6 is 0 Å². The van der Waals surface area contributed by atoms with Crippen molar-refractivity contribution in [2.45, 2.75) is 82.8 Å². The van der Waals surface area contributed by atoms with Crippen LogP contribution < -0.4 is 0 Å². The van der Waals surface area contributed by atoms with Gasteiger partial charge in [0.05, 0.1) is 6.42 Å². The maximum absolute atomic E-state index is 12.0. The van der Waals surface area contributed by atoms with Gasteiger partial charge in [0.25, 0.3) is 10.1 Å². The summed E-state index contributed by atoms with van der Waals surface area (Å²) >= 11 is 0. The van der Waals surface area contributed by atoms with E-state index >= 15 is 0 Å². The van der Waals surface area contributed by atoms with Gasteiger partial charge in [0.2, 0.25) is 5.91 Å². The molecule has 2 radical (unpaired) electrons. The third kappa shape index (κ3) is 17.4. The number of carboxylic acids is 1. The Hall–Kier alpha value is 0.850. The number of hydrogen-bond donors (Lipinski definition) is 2. The molecular formula is C17H33NNa2O6S. The Morgan fingerprint density at radius 1 is 0.889 bits per heavy atom. The Morgan fingerprint density at radius 3 is 1.67 bits per heavy atom. The van der Waals surface area contributed by atoms with Crippen LogP contribution in [0.5, 0.6) is 0 Å². The number of rotatable bonds is 15. The second-order valence-electron chi connectivity index (χ2n) is 6.54. The summed E-state index contributed by atoms with van der Waals surface area (Å²) < 4.78 is 31.5. The van der Waals surface area contributed by atoms with E-state index in [9.17, 15) is 18.0 Å². The van der Waals surface area contributed by atoms with E-state index in [2.05, 4.69) is 6.92 Å². The third-order valence-electron chi connectivity index (χ3n) is 4.22. The molecule has 0 saturated heterocycles. The van der Waals surface area contributed by atoms with Crippen LogP contribution in [0.25, 0.3) is 0 Å². The van der Waals surface area contributed by atoms with Gasteiger partial charge < -0.3 is 10.0 Å². The molecule has 0 aliphatic rings. The van der Waals surface area contributed by atoms with Crippen molar-refractivity contribution < 1.29 is 27.7 Å². The van der Waals surface area contributed by atoms with Crippen LogP contribution in [0.2, 0.25) is 0 Å². The van der Waals surface area contributed by atoms with Gasteiger partial charge in [0.1, 0.15) is 0 Å². The van der Waals surface area contributed by atoms with E-state index in [0.29, 0.717) is 6.54 Å². The predicted octanol–water partition coefficient (Wildman–Crippen LogP) is 2.34. The first-order valence-electron chi connectivity index (χ1n) is 9.13.